The first-order valence-electron chi connectivity index (χ1n) is 10.5. The van der Waals surface area contributed by atoms with Gasteiger partial charge >= 0.3 is 0 Å². The molecule has 32 heavy (non-hydrogen) atoms. The van der Waals surface area contributed by atoms with Gasteiger partial charge in [0.15, 0.2) is 0 Å². The van der Waals surface area contributed by atoms with Crippen LogP contribution in [0.25, 0.3) is 33.5 Å². The minimum Gasteiger partial charge on any atom is -0.394 e. The molecule has 1 aliphatic carbocycles. The maximum Gasteiger partial charge on any atom is 0.111 e. The Morgan fingerprint density at radius 3 is 2.97 bits per heavy atom. The molecule has 0 bridgehead atoms. The first-order valence-corrected chi connectivity index (χ1v) is 10.5. The second-order valence-corrected chi connectivity index (χ2v) is 8.11. The van der Waals surface area contributed by atoms with Crippen molar-refractivity contribution in [3.63, 3.8) is 0 Å². The number of nitrogens with zero attached hydrogens (tertiary/aromatic N) is 7. The van der Waals surface area contributed by atoms with Gasteiger partial charge < -0.3 is 9.84 Å². The summed E-state index contributed by atoms with van der Waals surface area (Å²) in [6, 6.07) is 10.0. The molecule has 1 saturated carbocycles. The number of fused-ring (bicyclic) bond motifs is 1. The Balaban J connectivity index is 1.58. The van der Waals surface area contributed by atoms with Crippen molar-refractivity contribution in [2.24, 2.45) is 0 Å². The number of aliphatic hydroxyl groups excluding tert-OH is 1. The van der Waals surface area contributed by atoms with Crippen LogP contribution in [0.5, 0.6) is 0 Å². The molecule has 0 aromatic carbocycles. The van der Waals surface area contributed by atoms with E-state index in [1.54, 1.807) is 24.2 Å². The van der Waals surface area contributed by atoms with Crippen molar-refractivity contribution in [3.05, 3.63) is 49.1 Å². The third kappa shape index (κ3) is 3.43. The Labute approximate surface area is 184 Å². The lowest BCUT2D eigenvalue weighted by Crippen LogP contribution is -2.50. The Morgan fingerprint density at radius 1 is 1.31 bits per heavy atom. The number of aliphatic hydroxyl groups is 1. The van der Waals surface area contributed by atoms with Gasteiger partial charge in [-0.1, -0.05) is 0 Å². The van der Waals surface area contributed by atoms with Crippen molar-refractivity contribution in [2.45, 2.75) is 37.5 Å². The highest BCUT2D eigenvalue weighted by Gasteiger charge is 2.47. The third-order valence-electron chi connectivity index (χ3n) is 6.13. The molecule has 1 aliphatic rings. The summed E-state index contributed by atoms with van der Waals surface area (Å²) in [5, 5.41) is 28.6. The Hall–Kier alpha value is -3.61. The van der Waals surface area contributed by atoms with Crippen molar-refractivity contribution in [1.82, 2.24) is 29.5 Å². The van der Waals surface area contributed by atoms with Crippen LogP contribution >= 0.6 is 0 Å². The van der Waals surface area contributed by atoms with Crippen LogP contribution in [-0.4, -0.2) is 54.5 Å². The van der Waals surface area contributed by atoms with Gasteiger partial charge in [0.1, 0.15) is 11.4 Å². The topological polar surface area (TPSA) is 115 Å². The SMILES string of the molecule is CO[C@H]1C[C@@](CC#N)(n2ccc(-c3nc(-c4cnn(CCO)c4)cc4ncccc34)n2)C1. The molecule has 162 valence electrons. The molecule has 9 heteroatoms. The number of methoxy groups -OCH3 is 1. The molecule has 0 aliphatic heterocycles. The zero-order valence-electron chi connectivity index (χ0n) is 17.7. The standard InChI is InChI=1S/C23H23N7O2/c1-32-17-12-23(13-17,5-6-24)30-8-4-19(28-30)22-18-3-2-7-25-21(18)11-20(27-22)16-14-26-29(15-16)9-10-31/h2-4,7-8,11,14-15,17,31H,5,9-10,12-13H2,1H3/t17-,23+. The molecule has 0 unspecified atom stereocenters. The number of hydrogen-bond acceptors (Lipinski definition) is 7. The number of nitriles is 1. The zero-order valence-corrected chi connectivity index (χ0v) is 17.7. The lowest BCUT2D eigenvalue weighted by atomic mass is 9.72. The molecule has 1 N–H and O–H groups in total. The zero-order chi connectivity index (χ0) is 22.1. The van der Waals surface area contributed by atoms with E-state index in [0.29, 0.717) is 13.0 Å². The number of hydrogen-bond donors (Lipinski definition) is 1. The van der Waals surface area contributed by atoms with Crippen molar-refractivity contribution < 1.29 is 9.84 Å². The normalized spacial score (nSPS) is 20.2. The van der Waals surface area contributed by atoms with Gasteiger partial charge in [-0.25, -0.2) is 4.98 Å². The van der Waals surface area contributed by atoms with Crippen LogP contribution in [0.3, 0.4) is 0 Å². The average molecular weight is 429 g/mol. The maximum atomic E-state index is 9.38. The molecule has 4 aromatic rings. The van der Waals surface area contributed by atoms with E-state index in [2.05, 4.69) is 16.2 Å². The molecule has 0 radical (unpaired) electrons. The predicted octanol–water partition coefficient (Wildman–Crippen LogP) is 2.77. The van der Waals surface area contributed by atoms with Gasteiger partial charge in [0.2, 0.25) is 0 Å². The van der Waals surface area contributed by atoms with Crippen LogP contribution in [0, 0.1) is 11.3 Å². The summed E-state index contributed by atoms with van der Waals surface area (Å²) < 4.78 is 9.03. The van der Waals surface area contributed by atoms with E-state index >= 15 is 0 Å². The number of pyridine rings is 2. The van der Waals surface area contributed by atoms with Crippen LogP contribution < -0.4 is 0 Å². The van der Waals surface area contributed by atoms with Crippen LogP contribution in [0.4, 0.5) is 0 Å². The van der Waals surface area contributed by atoms with Crippen LogP contribution in [0.1, 0.15) is 19.3 Å². The summed E-state index contributed by atoms with van der Waals surface area (Å²) in [6.45, 7) is 0.442. The minimum atomic E-state index is -0.342. The smallest absolute Gasteiger partial charge is 0.111 e. The second-order valence-electron chi connectivity index (χ2n) is 8.11. The van der Waals surface area contributed by atoms with Gasteiger partial charge in [-0.2, -0.15) is 15.5 Å². The molecule has 0 saturated heterocycles. The average Bonchev–Trinajstić information content (AvgIpc) is 3.46. The lowest BCUT2D eigenvalue weighted by molar-refractivity contribution is -0.0541. The van der Waals surface area contributed by atoms with E-state index in [9.17, 15) is 10.4 Å². The monoisotopic (exact) mass is 429 g/mol. The van der Waals surface area contributed by atoms with Gasteiger partial charge in [0, 0.05) is 36.7 Å². The van der Waals surface area contributed by atoms with Crippen LogP contribution in [0.15, 0.2) is 49.1 Å². The fraction of sp³-hybridized carbons (Fsp3) is 0.348. The van der Waals surface area contributed by atoms with Crippen molar-refractivity contribution >= 4 is 10.9 Å². The summed E-state index contributed by atoms with van der Waals surface area (Å²) in [7, 11) is 1.70. The van der Waals surface area contributed by atoms with Crippen molar-refractivity contribution in [2.75, 3.05) is 13.7 Å². The number of ether oxygens (including phenoxy) is 1. The Bertz CT molecular complexity index is 1300. The van der Waals surface area contributed by atoms with E-state index in [1.165, 1.54) is 0 Å². The maximum absolute atomic E-state index is 9.38. The molecule has 4 aromatic heterocycles. The highest BCUT2D eigenvalue weighted by atomic mass is 16.5. The highest BCUT2D eigenvalue weighted by Crippen LogP contribution is 2.43. The van der Waals surface area contributed by atoms with E-state index < -0.39 is 0 Å². The molecule has 0 atom stereocenters. The summed E-state index contributed by atoms with van der Waals surface area (Å²) in [5.41, 5.74) is 3.51. The lowest BCUT2D eigenvalue weighted by Gasteiger charge is -2.45. The predicted molar refractivity (Wildman–Crippen MR) is 117 cm³/mol. The summed E-state index contributed by atoms with van der Waals surface area (Å²) in [6.07, 6.45) is 9.33. The first-order chi connectivity index (χ1) is 15.7. The Morgan fingerprint density at radius 2 is 2.19 bits per heavy atom. The number of aromatic nitrogens is 6. The van der Waals surface area contributed by atoms with Crippen molar-refractivity contribution in [1.29, 1.82) is 5.26 Å². The van der Waals surface area contributed by atoms with Gasteiger partial charge in [-0.3, -0.25) is 14.3 Å². The molecular formula is C23H23N7O2. The fourth-order valence-corrected chi connectivity index (χ4v) is 4.37. The number of rotatable bonds is 7. The van der Waals surface area contributed by atoms with E-state index in [-0.39, 0.29) is 18.2 Å². The first kappa shape index (κ1) is 20.3. The molecule has 9 nitrogen and oxygen atoms in total. The molecule has 0 amide bonds. The summed E-state index contributed by atoms with van der Waals surface area (Å²) in [5.74, 6) is 0. The third-order valence-corrected chi connectivity index (χ3v) is 6.13. The van der Waals surface area contributed by atoms with E-state index in [4.69, 9.17) is 14.8 Å². The Kier molecular flexibility index (Phi) is 5.17. The highest BCUT2D eigenvalue weighted by molar-refractivity contribution is 5.93. The summed E-state index contributed by atoms with van der Waals surface area (Å²) in [4.78, 5) is 9.44. The van der Waals surface area contributed by atoms with Gasteiger partial charge in [-0.15, -0.1) is 0 Å². The van der Waals surface area contributed by atoms with Gasteiger partial charge in [0.05, 0.1) is 54.7 Å². The molecule has 0 spiro atoms. The quantitative estimate of drug-likeness (QED) is 0.480. The molecular weight excluding hydrogens is 406 g/mol. The molecule has 4 heterocycles. The molecule has 1 fully saturated rings. The molecule has 5 rings (SSSR count). The van der Waals surface area contributed by atoms with Crippen molar-refractivity contribution in [3.8, 4) is 28.7 Å². The van der Waals surface area contributed by atoms with Gasteiger partial charge in [0.25, 0.3) is 0 Å². The summed E-state index contributed by atoms with van der Waals surface area (Å²) >= 11 is 0. The van der Waals surface area contributed by atoms with E-state index in [1.807, 2.05) is 41.3 Å². The second kappa shape index (κ2) is 8.15. The van der Waals surface area contributed by atoms with Crippen LogP contribution in [0.2, 0.25) is 0 Å². The minimum absolute atomic E-state index is 0.0187. The van der Waals surface area contributed by atoms with E-state index in [0.717, 1.165) is 46.4 Å². The largest absolute Gasteiger partial charge is 0.394 e. The van der Waals surface area contributed by atoms with Gasteiger partial charge in [-0.05, 0) is 37.1 Å². The van der Waals surface area contributed by atoms with Crippen LogP contribution in [-0.2, 0) is 16.8 Å². The fourth-order valence-electron chi connectivity index (χ4n) is 4.37.